The number of ether oxygens (including phenoxy) is 2. The van der Waals surface area contributed by atoms with Crippen LogP contribution in [0.5, 0.6) is 11.5 Å². The monoisotopic (exact) mass is 474 g/mol. The van der Waals surface area contributed by atoms with Crippen LogP contribution in [0.15, 0.2) is 35.5 Å². The Bertz CT molecular complexity index is 707. The Morgan fingerprint density at radius 3 is 2.84 bits per heavy atom. The maximum absolute atomic E-state index is 5.95. The SMILES string of the molecule is CCNC(=NCc1ncc(C)s1)NCC1COc2ccccc2O1.I. The normalized spacial score (nSPS) is 16.1. The molecule has 1 aromatic heterocycles. The highest BCUT2D eigenvalue weighted by Gasteiger charge is 2.20. The lowest BCUT2D eigenvalue weighted by atomic mass is 10.2. The van der Waals surface area contributed by atoms with Gasteiger partial charge in [0, 0.05) is 17.6 Å². The number of nitrogens with one attached hydrogen (secondary N) is 2. The third-order valence-corrected chi connectivity index (χ3v) is 4.35. The van der Waals surface area contributed by atoms with Crippen LogP contribution in [0.4, 0.5) is 0 Å². The van der Waals surface area contributed by atoms with E-state index in [0.717, 1.165) is 29.0 Å². The van der Waals surface area contributed by atoms with Crippen molar-refractivity contribution < 1.29 is 9.47 Å². The van der Waals surface area contributed by atoms with E-state index >= 15 is 0 Å². The number of guanidine groups is 1. The Labute approximate surface area is 169 Å². The summed E-state index contributed by atoms with van der Waals surface area (Å²) in [4.78, 5) is 10.1. The molecule has 0 spiro atoms. The van der Waals surface area contributed by atoms with Gasteiger partial charge in [-0.15, -0.1) is 35.3 Å². The Morgan fingerprint density at radius 2 is 2.12 bits per heavy atom. The van der Waals surface area contributed by atoms with Gasteiger partial charge in [-0.25, -0.2) is 9.98 Å². The van der Waals surface area contributed by atoms with Crippen molar-refractivity contribution in [3.05, 3.63) is 40.3 Å². The lowest BCUT2D eigenvalue weighted by Crippen LogP contribution is -2.45. The summed E-state index contributed by atoms with van der Waals surface area (Å²) in [7, 11) is 0. The van der Waals surface area contributed by atoms with E-state index in [1.54, 1.807) is 11.3 Å². The number of benzene rings is 1. The minimum absolute atomic E-state index is 0. The van der Waals surface area contributed by atoms with Crippen LogP contribution in [0.25, 0.3) is 0 Å². The summed E-state index contributed by atoms with van der Waals surface area (Å²) in [6, 6.07) is 7.72. The van der Waals surface area contributed by atoms with Crippen molar-refractivity contribution in [2.24, 2.45) is 4.99 Å². The maximum atomic E-state index is 5.95. The van der Waals surface area contributed by atoms with E-state index in [1.165, 1.54) is 4.88 Å². The number of thiazole rings is 1. The molecule has 0 fully saturated rings. The number of nitrogens with zero attached hydrogens (tertiary/aromatic N) is 2. The molecule has 2 N–H and O–H groups in total. The lowest BCUT2D eigenvalue weighted by molar-refractivity contribution is 0.0936. The third-order valence-electron chi connectivity index (χ3n) is 3.45. The van der Waals surface area contributed by atoms with Gasteiger partial charge < -0.3 is 20.1 Å². The number of hydrogen-bond acceptors (Lipinski definition) is 5. The van der Waals surface area contributed by atoms with Gasteiger partial charge in [0.2, 0.25) is 0 Å². The summed E-state index contributed by atoms with van der Waals surface area (Å²) in [6.45, 7) is 6.60. The van der Waals surface area contributed by atoms with E-state index in [2.05, 4.69) is 20.6 Å². The fourth-order valence-electron chi connectivity index (χ4n) is 2.34. The molecule has 3 rings (SSSR count). The molecule has 2 aromatic rings. The van der Waals surface area contributed by atoms with Crippen LogP contribution in [0.3, 0.4) is 0 Å². The summed E-state index contributed by atoms with van der Waals surface area (Å²) in [5, 5.41) is 7.56. The fourth-order valence-corrected chi connectivity index (χ4v) is 3.05. The van der Waals surface area contributed by atoms with Crippen molar-refractivity contribution in [3.8, 4) is 11.5 Å². The molecule has 0 amide bonds. The van der Waals surface area contributed by atoms with Crippen LogP contribution in [-0.2, 0) is 6.54 Å². The number of aryl methyl sites for hydroxylation is 1. The van der Waals surface area contributed by atoms with Crippen molar-refractivity contribution >= 4 is 41.3 Å². The van der Waals surface area contributed by atoms with Crippen LogP contribution in [0.2, 0.25) is 0 Å². The molecular weight excluding hydrogens is 451 g/mol. The molecule has 1 aromatic carbocycles. The molecule has 0 aliphatic carbocycles. The Kier molecular flexibility index (Phi) is 7.76. The van der Waals surface area contributed by atoms with Crippen LogP contribution in [0.1, 0.15) is 16.8 Å². The number of hydrogen-bond donors (Lipinski definition) is 2. The molecule has 0 saturated heterocycles. The largest absolute Gasteiger partial charge is 0.486 e. The molecule has 1 aliphatic heterocycles. The van der Waals surface area contributed by atoms with Crippen LogP contribution >= 0.6 is 35.3 Å². The molecule has 6 nitrogen and oxygen atoms in total. The molecule has 1 atom stereocenters. The van der Waals surface area contributed by atoms with Gasteiger partial charge in [-0.3, -0.25) is 0 Å². The molecule has 1 unspecified atom stereocenters. The van der Waals surface area contributed by atoms with Gasteiger partial charge >= 0.3 is 0 Å². The zero-order valence-corrected chi connectivity index (χ0v) is 17.5. The van der Waals surface area contributed by atoms with E-state index in [1.807, 2.05) is 44.3 Å². The molecule has 2 heterocycles. The Hall–Kier alpha value is -1.55. The third kappa shape index (κ3) is 5.74. The molecule has 25 heavy (non-hydrogen) atoms. The van der Waals surface area contributed by atoms with Gasteiger partial charge in [-0.05, 0) is 26.0 Å². The quantitative estimate of drug-likeness (QED) is 0.397. The molecule has 0 bridgehead atoms. The highest BCUT2D eigenvalue weighted by molar-refractivity contribution is 14.0. The molecule has 1 aliphatic rings. The number of fused-ring (bicyclic) bond motifs is 1. The first-order chi connectivity index (χ1) is 11.7. The van der Waals surface area contributed by atoms with Crippen molar-refractivity contribution in [2.45, 2.75) is 26.5 Å². The number of halogens is 1. The van der Waals surface area contributed by atoms with E-state index in [9.17, 15) is 0 Å². The van der Waals surface area contributed by atoms with Crippen LogP contribution in [0, 0.1) is 6.92 Å². The number of aromatic nitrogens is 1. The van der Waals surface area contributed by atoms with Crippen molar-refractivity contribution in [1.29, 1.82) is 0 Å². The first-order valence-electron chi connectivity index (χ1n) is 8.06. The zero-order valence-electron chi connectivity index (χ0n) is 14.3. The highest BCUT2D eigenvalue weighted by Crippen LogP contribution is 2.30. The predicted molar refractivity (Wildman–Crippen MR) is 111 cm³/mol. The second-order valence-electron chi connectivity index (χ2n) is 5.44. The van der Waals surface area contributed by atoms with Crippen LogP contribution < -0.4 is 20.1 Å². The summed E-state index contributed by atoms with van der Waals surface area (Å²) < 4.78 is 11.7. The maximum Gasteiger partial charge on any atom is 0.191 e. The Morgan fingerprint density at radius 1 is 1.32 bits per heavy atom. The fraction of sp³-hybridized carbons (Fsp3) is 0.412. The van der Waals surface area contributed by atoms with Gasteiger partial charge in [0.25, 0.3) is 0 Å². The minimum atomic E-state index is -0.0501. The molecule has 0 radical (unpaired) electrons. The van der Waals surface area contributed by atoms with Crippen molar-refractivity contribution in [3.63, 3.8) is 0 Å². The summed E-state index contributed by atoms with van der Waals surface area (Å²) in [5.74, 6) is 2.34. The van der Waals surface area contributed by atoms with Gasteiger partial charge in [-0.2, -0.15) is 0 Å². The highest BCUT2D eigenvalue weighted by atomic mass is 127. The number of aliphatic imine (C=N–C) groups is 1. The van der Waals surface area contributed by atoms with Crippen molar-refractivity contribution in [2.75, 3.05) is 19.7 Å². The van der Waals surface area contributed by atoms with E-state index in [-0.39, 0.29) is 30.1 Å². The smallest absolute Gasteiger partial charge is 0.191 e. The summed E-state index contributed by atoms with van der Waals surface area (Å²) in [6.07, 6.45) is 1.83. The predicted octanol–water partition coefficient (Wildman–Crippen LogP) is 2.96. The van der Waals surface area contributed by atoms with E-state index < -0.39 is 0 Å². The standard InChI is InChI=1S/C17H22N4O2S.HI/c1-3-18-17(21-10-16-19-8-12(2)24-16)20-9-13-11-22-14-6-4-5-7-15(14)23-13;/h4-8,13H,3,9-11H2,1-2H3,(H2,18,20,21);1H. The molecule has 136 valence electrons. The summed E-state index contributed by atoms with van der Waals surface area (Å²) in [5.41, 5.74) is 0. The second kappa shape index (κ2) is 9.81. The summed E-state index contributed by atoms with van der Waals surface area (Å²) >= 11 is 1.67. The van der Waals surface area contributed by atoms with Gasteiger partial charge in [0.15, 0.2) is 17.5 Å². The average Bonchev–Trinajstić information content (AvgIpc) is 3.02. The topological polar surface area (TPSA) is 67.8 Å². The molecular formula is C17H23IN4O2S. The van der Waals surface area contributed by atoms with E-state index in [4.69, 9.17) is 9.47 Å². The van der Waals surface area contributed by atoms with Crippen LogP contribution in [-0.4, -0.2) is 36.7 Å². The molecule has 8 heteroatoms. The van der Waals surface area contributed by atoms with Gasteiger partial charge in [0.05, 0.1) is 13.1 Å². The van der Waals surface area contributed by atoms with Crippen molar-refractivity contribution in [1.82, 2.24) is 15.6 Å². The lowest BCUT2D eigenvalue weighted by Gasteiger charge is -2.27. The number of para-hydroxylation sites is 2. The second-order valence-corrected chi connectivity index (χ2v) is 6.76. The van der Waals surface area contributed by atoms with Gasteiger partial charge in [-0.1, -0.05) is 12.1 Å². The number of rotatable bonds is 5. The van der Waals surface area contributed by atoms with E-state index in [0.29, 0.717) is 19.7 Å². The zero-order chi connectivity index (χ0) is 16.8. The first-order valence-corrected chi connectivity index (χ1v) is 8.88. The molecule has 0 saturated carbocycles. The average molecular weight is 474 g/mol. The first kappa shape index (κ1) is 19.8. The van der Waals surface area contributed by atoms with Gasteiger partial charge in [0.1, 0.15) is 17.7 Å². The minimum Gasteiger partial charge on any atom is -0.486 e. The Balaban J connectivity index is 0.00000225.